The van der Waals surface area contributed by atoms with Gasteiger partial charge in [-0.05, 0) is 82.4 Å². The molecular weight excluding hydrogens is 683 g/mol. The zero-order valence-electron chi connectivity index (χ0n) is 30.5. The number of hydrogen-bond donors (Lipinski definition) is 2. The average molecular weight is 720 g/mol. The van der Waals surface area contributed by atoms with Crippen molar-refractivity contribution in [3.05, 3.63) is 211 Å². The van der Waals surface area contributed by atoms with Gasteiger partial charge in [-0.2, -0.15) is 0 Å². The molecule has 2 atom stereocenters. The quantitative estimate of drug-likeness (QED) is 0.180. The van der Waals surface area contributed by atoms with E-state index in [1.54, 1.807) is 0 Å². The summed E-state index contributed by atoms with van der Waals surface area (Å²) in [7, 11) is 0. The Balaban J connectivity index is 1.03. The van der Waals surface area contributed by atoms with E-state index in [-0.39, 0.29) is 12.5 Å². The van der Waals surface area contributed by atoms with Crippen molar-refractivity contribution >= 4 is 49.4 Å². The van der Waals surface area contributed by atoms with Crippen LogP contribution in [0, 0.1) is 0 Å². The number of aromatic nitrogens is 2. The van der Waals surface area contributed by atoms with Gasteiger partial charge in [0.25, 0.3) is 0 Å². The van der Waals surface area contributed by atoms with Crippen molar-refractivity contribution in [3.8, 4) is 27.9 Å². The molecule has 8 aromatic carbocycles. The number of nitrogens with zero attached hydrogens (tertiary/aromatic N) is 3. The minimum Gasteiger partial charge on any atom is -0.337 e. The van der Waals surface area contributed by atoms with Crippen LogP contribution in [-0.4, -0.2) is 15.0 Å². The maximum absolute atomic E-state index is 5.28. The van der Waals surface area contributed by atoms with Gasteiger partial charge in [-0.25, -0.2) is 4.99 Å². The summed E-state index contributed by atoms with van der Waals surface area (Å²) >= 11 is 0. The highest BCUT2D eigenvalue weighted by Crippen LogP contribution is 2.39. The fraction of sp³-hybridized carbons (Fsp3) is 0.0392. The Bertz CT molecular complexity index is 3090. The highest BCUT2D eigenvalue weighted by atomic mass is 15.4. The van der Waals surface area contributed by atoms with Gasteiger partial charge in [-0.3, -0.25) is 5.32 Å². The van der Waals surface area contributed by atoms with Gasteiger partial charge in [0.15, 0.2) is 6.29 Å². The molecule has 3 heterocycles. The van der Waals surface area contributed by atoms with E-state index in [2.05, 4.69) is 214 Å². The van der Waals surface area contributed by atoms with E-state index in [1.807, 2.05) is 6.07 Å². The first kappa shape index (κ1) is 32.2. The molecule has 1 aliphatic heterocycles. The third-order valence-corrected chi connectivity index (χ3v) is 11.2. The fourth-order valence-corrected chi connectivity index (χ4v) is 8.58. The zero-order valence-corrected chi connectivity index (χ0v) is 30.5. The largest absolute Gasteiger partial charge is 0.337 e. The summed E-state index contributed by atoms with van der Waals surface area (Å²) in [6, 6.07) is 71.6. The first-order valence-electron chi connectivity index (χ1n) is 19.2. The van der Waals surface area contributed by atoms with Crippen molar-refractivity contribution in [3.63, 3.8) is 0 Å². The molecule has 10 aromatic rings. The van der Waals surface area contributed by atoms with Gasteiger partial charge >= 0.3 is 0 Å². The number of nitrogens with one attached hydrogen (secondary N) is 2. The number of fused-ring (bicyclic) bond motifs is 6. The molecule has 5 heteroatoms. The van der Waals surface area contributed by atoms with Crippen molar-refractivity contribution in [2.24, 2.45) is 4.99 Å². The van der Waals surface area contributed by atoms with Gasteiger partial charge < -0.3 is 14.5 Å². The number of para-hydroxylation sites is 3. The predicted molar refractivity (Wildman–Crippen MR) is 232 cm³/mol. The van der Waals surface area contributed by atoms with Crippen LogP contribution in [0.25, 0.3) is 71.6 Å². The van der Waals surface area contributed by atoms with Gasteiger partial charge in [0.05, 0.1) is 22.1 Å². The SMILES string of the molecule is c1ccc(C2=NC(c3cccc(-c4ccccc4)c3)NC(n3c4ccccc4c4cc(-c5ccc6c(c5)c5ccccc5n6-c5ccccc5)ccc43)N2)cc1. The van der Waals surface area contributed by atoms with Crippen LogP contribution >= 0.6 is 0 Å². The molecule has 0 fully saturated rings. The number of amidine groups is 1. The number of hydrogen-bond acceptors (Lipinski definition) is 3. The van der Waals surface area contributed by atoms with Crippen LogP contribution in [0.15, 0.2) is 205 Å². The van der Waals surface area contributed by atoms with Gasteiger partial charge in [0, 0.05) is 32.8 Å². The van der Waals surface area contributed by atoms with E-state index in [0.717, 1.165) is 33.7 Å². The van der Waals surface area contributed by atoms with Crippen LogP contribution in [-0.2, 0) is 0 Å². The molecule has 11 rings (SSSR count). The molecule has 0 aliphatic carbocycles. The van der Waals surface area contributed by atoms with Gasteiger partial charge in [-0.1, -0.05) is 146 Å². The Morgan fingerprint density at radius 2 is 0.911 bits per heavy atom. The van der Waals surface area contributed by atoms with Gasteiger partial charge in [0.2, 0.25) is 0 Å². The molecular formula is C51H37N5. The molecule has 56 heavy (non-hydrogen) atoms. The summed E-state index contributed by atoms with van der Waals surface area (Å²) in [6.45, 7) is 0. The molecule has 0 radical (unpaired) electrons. The number of aliphatic imine (C=N–C) groups is 1. The van der Waals surface area contributed by atoms with Crippen LogP contribution in [0.2, 0.25) is 0 Å². The van der Waals surface area contributed by atoms with Crippen LogP contribution < -0.4 is 10.6 Å². The van der Waals surface area contributed by atoms with Crippen molar-refractivity contribution in [1.29, 1.82) is 0 Å². The van der Waals surface area contributed by atoms with E-state index in [4.69, 9.17) is 4.99 Å². The highest BCUT2D eigenvalue weighted by Gasteiger charge is 2.28. The van der Waals surface area contributed by atoms with E-state index < -0.39 is 0 Å². The second kappa shape index (κ2) is 13.3. The molecule has 0 bridgehead atoms. The first-order valence-corrected chi connectivity index (χ1v) is 19.2. The molecule has 0 amide bonds. The Labute approximate surface area is 324 Å². The second-order valence-electron chi connectivity index (χ2n) is 14.5. The van der Waals surface area contributed by atoms with Gasteiger partial charge in [-0.15, -0.1) is 0 Å². The molecule has 0 saturated heterocycles. The summed E-state index contributed by atoms with van der Waals surface area (Å²) in [5, 5.41) is 12.6. The smallest absolute Gasteiger partial charge is 0.162 e. The lowest BCUT2D eigenvalue weighted by Crippen LogP contribution is -2.47. The maximum atomic E-state index is 5.28. The lowest BCUT2D eigenvalue weighted by molar-refractivity contribution is 0.329. The van der Waals surface area contributed by atoms with E-state index in [1.165, 1.54) is 54.8 Å². The minimum absolute atomic E-state index is 0.276. The van der Waals surface area contributed by atoms with Crippen molar-refractivity contribution in [2.75, 3.05) is 0 Å². The standard InChI is InChI=1S/C51H37N5/c1-4-15-34(16-5-1)36-19-14-20-39(31-36)50-52-49(35-17-6-2-7-18-35)53-51(54-50)56-46-26-13-11-24-42(46)44-33-38(28-30-48(44)56)37-27-29-47-43(32-37)41-23-10-12-25-45(41)55(47)40-21-8-3-9-22-40/h1-33,50-51,54H,(H,52,53). The predicted octanol–water partition coefficient (Wildman–Crippen LogP) is 12.0. The Morgan fingerprint density at radius 1 is 0.393 bits per heavy atom. The zero-order chi connectivity index (χ0) is 37.0. The molecule has 0 spiro atoms. The summed E-state index contributed by atoms with van der Waals surface area (Å²) in [6.07, 6.45) is -0.554. The third-order valence-electron chi connectivity index (χ3n) is 11.2. The van der Waals surface area contributed by atoms with Crippen molar-refractivity contribution < 1.29 is 0 Å². The second-order valence-corrected chi connectivity index (χ2v) is 14.5. The summed E-state index contributed by atoms with van der Waals surface area (Å²) in [4.78, 5) is 5.28. The van der Waals surface area contributed by atoms with E-state index in [9.17, 15) is 0 Å². The highest BCUT2D eigenvalue weighted by molar-refractivity contribution is 6.12. The Morgan fingerprint density at radius 3 is 1.64 bits per heavy atom. The van der Waals surface area contributed by atoms with E-state index >= 15 is 0 Å². The number of benzene rings is 8. The van der Waals surface area contributed by atoms with Crippen LogP contribution in [0.3, 0.4) is 0 Å². The fourth-order valence-electron chi connectivity index (χ4n) is 8.58. The lowest BCUT2D eigenvalue weighted by atomic mass is 10.0. The lowest BCUT2D eigenvalue weighted by Gasteiger charge is -2.33. The molecule has 0 saturated carbocycles. The number of rotatable bonds is 6. The molecule has 2 N–H and O–H groups in total. The van der Waals surface area contributed by atoms with Crippen molar-refractivity contribution in [2.45, 2.75) is 12.5 Å². The summed E-state index contributed by atoms with van der Waals surface area (Å²) in [5.41, 5.74) is 12.8. The summed E-state index contributed by atoms with van der Waals surface area (Å²) < 4.78 is 4.77. The molecule has 2 unspecified atom stereocenters. The normalized spacial score (nSPS) is 15.7. The minimum atomic E-state index is -0.277. The van der Waals surface area contributed by atoms with Crippen molar-refractivity contribution in [1.82, 2.24) is 19.8 Å². The van der Waals surface area contributed by atoms with Crippen LogP contribution in [0.5, 0.6) is 0 Å². The first-order chi connectivity index (χ1) is 27.8. The monoisotopic (exact) mass is 719 g/mol. The van der Waals surface area contributed by atoms with E-state index in [0.29, 0.717) is 0 Å². The topological polar surface area (TPSA) is 46.3 Å². The van der Waals surface area contributed by atoms with Crippen LogP contribution in [0.4, 0.5) is 0 Å². The molecule has 5 nitrogen and oxygen atoms in total. The maximum Gasteiger partial charge on any atom is 0.162 e. The summed E-state index contributed by atoms with van der Waals surface area (Å²) in [5.74, 6) is 0.856. The average Bonchev–Trinajstić information content (AvgIpc) is 3.79. The molecule has 1 aliphatic rings. The Hall–Kier alpha value is -7.21. The third kappa shape index (κ3) is 5.40. The Kier molecular flexibility index (Phi) is 7.64. The van der Waals surface area contributed by atoms with Crippen LogP contribution in [0.1, 0.15) is 23.6 Å². The van der Waals surface area contributed by atoms with Gasteiger partial charge in [0.1, 0.15) is 12.0 Å². The molecule has 266 valence electrons. The molecule has 2 aromatic heterocycles.